The molecule has 0 aliphatic carbocycles. The fourth-order valence-electron chi connectivity index (χ4n) is 1.66. The monoisotopic (exact) mass is 243 g/mol. The second-order valence-electron chi connectivity index (χ2n) is 4.19. The van der Waals surface area contributed by atoms with E-state index < -0.39 is 0 Å². The molecule has 0 spiro atoms. The van der Waals surface area contributed by atoms with E-state index in [4.69, 9.17) is 10.5 Å². The first-order valence-corrected chi connectivity index (χ1v) is 5.97. The van der Waals surface area contributed by atoms with Crippen LogP contribution in [0.25, 0.3) is 0 Å². The highest BCUT2D eigenvalue weighted by molar-refractivity contribution is 5.46. The number of ether oxygens (including phenoxy) is 1. The summed E-state index contributed by atoms with van der Waals surface area (Å²) in [4.78, 5) is 8.37. The highest BCUT2D eigenvalue weighted by Gasteiger charge is 2.09. The van der Waals surface area contributed by atoms with Crippen molar-refractivity contribution in [3.8, 4) is 11.6 Å². The molecule has 1 heterocycles. The average molecular weight is 243 g/mol. The summed E-state index contributed by atoms with van der Waals surface area (Å²) < 4.78 is 5.78. The largest absolute Gasteiger partial charge is 0.439 e. The summed E-state index contributed by atoms with van der Waals surface area (Å²) in [6.07, 6.45) is 0.973. The van der Waals surface area contributed by atoms with Gasteiger partial charge in [-0.25, -0.2) is 4.98 Å². The molecule has 2 N–H and O–H groups in total. The lowest BCUT2D eigenvalue weighted by Crippen LogP contribution is -2.02. The first kappa shape index (κ1) is 12.4. The minimum Gasteiger partial charge on any atom is -0.439 e. The molecule has 1 aromatic carbocycles. The molecule has 0 aliphatic rings. The zero-order chi connectivity index (χ0) is 13.1. The topological polar surface area (TPSA) is 61.0 Å². The van der Waals surface area contributed by atoms with Crippen LogP contribution < -0.4 is 10.5 Å². The van der Waals surface area contributed by atoms with E-state index in [2.05, 4.69) is 23.0 Å². The van der Waals surface area contributed by atoms with Crippen LogP contribution >= 0.6 is 0 Å². The van der Waals surface area contributed by atoms with Gasteiger partial charge in [0.25, 0.3) is 0 Å². The van der Waals surface area contributed by atoms with Crippen molar-refractivity contribution in [1.29, 1.82) is 0 Å². The van der Waals surface area contributed by atoms with Gasteiger partial charge in [0.1, 0.15) is 17.4 Å². The smallest absolute Gasteiger partial charge is 0.227 e. The van der Waals surface area contributed by atoms with Crippen molar-refractivity contribution in [2.75, 3.05) is 5.73 Å². The number of nitrogens with two attached hydrogens (primary N) is 1. The maximum Gasteiger partial charge on any atom is 0.227 e. The molecule has 0 radical (unpaired) electrons. The Morgan fingerprint density at radius 2 is 2.00 bits per heavy atom. The molecule has 94 valence electrons. The van der Waals surface area contributed by atoms with E-state index in [1.165, 1.54) is 5.56 Å². The summed E-state index contributed by atoms with van der Waals surface area (Å²) in [7, 11) is 0. The highest BCUT2D eigenvalue weighted by atomic mass is 16.5. The average Bonchev–Trinajstić information content (AvgIpc) is 2.35. The van der Waals surface area contributed by atoms with E-state index in [9.17, 15) is 0 Å². The fourth-order valence-corrected chi connectivity index (χ4v) is 1.66. The summed E-state index contributed by atoms with van der Waals surface area (Å²) >= 11 is 0. The molecule has 1 aromatic heterocycles. The van der Waals surface area contributed by atoms with Crippen LogP contribution in [0.15, 0.2) is 24.3 Å². The first-order chi connectivity index (χ1) is 8.60. The Labute approximate surface area is 107 Å². The number of rotatable bonds is 3. The molecule has 0 atom stereocenters. The van der Waals surface area contributed by atoms with Gasteiger partial charge < -0.3 is 10.5 Å². The molecule has 4 heteroatoms. The summed E-state index contributed by atoms with van der Waals surface area (Å²) in [6, 6.07) is 7.96. The molecule has 0 bridgehead atoms. The number of nitrogen functional groups attached to an aromatic ring is 1. The SMILES string of the molecule is CCc1cccc(Oc2nc(C)nc(N)c2C)c1. The molecule has 0 fully saturated rings. The third kappa shape index (κ3) is 2.59. The second kappa shape index (κ2) is 5.04. The normalized spacial score (nSPS) is 10.4. The van der Waals surface area contributed by atoms with Gasteiger partial charge in [-0.2, -0.15) is 4.98 Å². The van der Waals surface area contributed by atoms with Crippen molar-refractivity contribution in [3.05, 3.63) is 41.2 Å². The molecule has 0 saturated heterocycles. The minimum atomic E-state index is 0.462. The van der Waals surface area contributed by atoms with Crippen molar-refractivity contribution in [2.24, 2.45) is 0 Å². The number of nitrogens with zero attached hydrogens (tertiary/aromatic N) is 2. The van der Waals surface area contributed by atoms with Crippen molar-refractivity contribution in [2.45, 2.75) is 27.2 Å². The van der Waals surface area contributed by atoms with Crippen molar-refractivity contribution in [3.63, 3.8) is 0 Å². The lowest BCUT2D eigenvalue weighted by atomic mass is 10.2. The standard InChI is InChI=1S/C14H17N3O/c1-4-11-6-5-7-12(8-11)18-14-9(2)13(15)16-10(3)17-14/h5-8H,4H2,1-3H3,(H2,15,16,17). The third-order valence-corrected chi connectivity index (χ3v) is 2.77. The summed E-state index contributed by atoms with van der Waals surface area (Å²) in [5.41, 5.74) is 7.79. The van der Waals surface area contributed by atoms with Crippen molar-refractivity contribution >= 4 is 5.82 Å². The Morgan fingerprint density at radius 3 is 2.72 bits per heavy atom. The van der Waals surface area contributed by atoms with Crippen LogP contribution in [0.2, 0.25) is 0 Å². The molecule has 2 aromatic rings. The number of aryl methyl sites for hydroxylation is 2. The molecular weight excluding hydrogens is 226 g/mol. The lowest BCUT2D eigenvalue weighted by molar-refractivity contribution is 0.455. The molecule has 0 aliphatic heterocycles. The Bertz CT molecular complexity index is 567. The maximum absolute atomic E-state index is 5.80. The van der Waals surface area contributed by atoms with E-state index >= 15 is 0 Å². The van der Waals surface area contributed by atoms with Crippen molar-refractivity contribution < 1.29 is 4.74 Å². The molecule has 18 heavy (non-hydrogen) atoms. The van der Waals surface area contributed by atoms with Crippen LogP contribution in [-0.4, -0.2) is 9.97 Å². The van der Waals surface area contributed by atoms with Crippen LogP contribution in [0.4, 0.5) is 5.82 Å². The predicted octanol–water partition coefficient (Wildman–Crippen LogP) is 3.03. The van der Waals surface area contributed by atoms with Crippen LogP contribution in [0, 0.1) is 13.8 Å². The summed E-state index contributed by atoms with van der Waals surface area (Å²) in [5.74, 6) is 2.37. The minimum absolute atomic E-state index is 0.462. The van der Waals surface area contributed by atoms with Gasteiger partial charge in [0.15, 0.2) is 0 Å². The molecule has 0 amide bonds. The molecule has 4 nitrogen and oxygen atoms in total. The molecule has 0 unspecified atom stereocenters. The van der Waals surface area contributed by atoms with Gasteiger partial charge in [-0.3, -0.25) is 0 Å². The van der Waals surface area contributed by atoms with Gasteiger partial charge in [0.2, 0.25) is 5.88 Å². The first-order valence-electron chi connectivity index (χ1n) is 5.97. The zero-order valence-electron chi connectivity index (χ0n) is 10.9. The Morgan fingerprint density at radius 1 is 1.22 bits per heavy atom. The maximum atomic E-state index is 5.80. The van der Waals surface area contributed by atoms with E-state index in [-0.39, 0.29) is 0 Å². The van der Waals surface area contributed by atoms with Gasteiger partial charge >= 0.3 is 0 Å². The Hall–Kier alpha value is -2.10. The highest BCUT2D eigenvalue weighted by Crippen LogP contribution is 2.26. The lowest BCUT2D eigenvalue weighted by Gasteiger charge is -2.10. The summed E-state index contributed by atoms with van der Waals surface area (Å²) in [5, 5.41) is 0. The Kier molecular flexibility index (Phi) is 3.46. The van der Waals surface area contributed by atoms with Gasteiger partial charge in [0, 0.05) is 0 Å². The number of hydrogen-bond acceptors (Lipinski definition) is 4. The van der Waals surface area contributed by atoms with Crippen molar-refractivity contribution in [1.82, 2.24) is 9.97 Å². The summed E-state index contributed by atoms with van der Waals surface area (Å²) in [6.45, 7) is 5.76. The van der Waals surface area contributed by atoms with Gasteiger partial charge in [-0.1, -0.05) is 19.1 Å². The van der Waals surface area contributed by atoms with Gasteiger partial charge in [0.05, 0.1) is 5.56 Å². The Balaban J connectivity index is 2.33. The molecule has 0 saturated carbocycles. The fraction of sp³-hybridized carbons (Fsp3) is 0.286. The number of hydrogen-bond donors (Lipinski definition) is 1. The van der Waals surface area contributed by atoms with Crippen LogP contribution in [0.5, 0.6) is 11.6 Å². The van der Waals surface area contributed by atoms with Crippen LogP contribution in [0.3, 0.4) is 0 Å². The van der Waals surface area contributed by atoms with Crippen LogP contribution in [0.1, 0.15) is 23.9 Å². The number of anilines is 1. The second-order valence-corrected chi connectivity index (χ2v) is 4.19. The quantitative estimate of drug-likeness (QED) is 0.900. The van der Waals surface area contributed by atoms with Gasteiger partial charge in [-0.05, 0) is 38.0 Å². The zero-order valence-corrected chi connectivity index (χ0v) is 10.9. The van der Waals surface area contributed by atoms with Gasteiger partial charge in [-0.15, -0.1) is 0 Å². The van der Waals surface area contributed by atoms with E-state index in [1.807, 2.05) is 25.1 Å². The number of aromatic nitrogens is 2. The number of benzene rings is 1. The molecular formula is C14H17N3O. The third-order valence-electron chi connectivity index (χ3n) is 2.77. The van der Waals surface area contributed by atoms with E-state index in [0.717, 1.165) is 17.7 Å². The van der Waals surface area contributed by atoms with E-state index in [1.54, 1.807) is 6.92 Å². The predicted molar refractivity (Wildman–Crippen MR) is 71.8 cm³/mol. The molecule has 2 rings (SSSR count). The van der Waals surface area contributed by atoms with Crippen LogP contribution in [-0.2, 0) is 6.42 Å². The van der Waals surface area contributed by atoms with E-state index in [0.29, 0.717) is 17.5 Å².